The summed E-state index contributed by atoms with van der Waals surface area (Å²) in [7, 11) is 0. The highest BCUT2D eigenvalue weighted by Gasteiger charge is 2.26. The first-order valence-corrected chi connectivity index (χ1v) is 8.60. The number of nitrogens with zero attached hydrogens (tertiary/aromatic N) is 3. The minimum atomic E-state index is -0.213. The number of hydrogen-bond donors (Lipinski definition) is 0. The van der Waals surface area contributed by atoms with Crippen molar-refractivity contribution >= 4 is 22.9 Å². The normalized spacial score (nSPS) is 13.1. The van der Waals surface area contributed by atoms with Crippen LogP contribution in [-0.4, -0.2) is 24.0 Å². The van der Waals surface area contributed by atoms with Gasteiger partial charge in [-0.05, 0) is 18.2 Å². The van der Waals surface area contributed by atoms with Gasteiger partial charge in [-0.15, -0.1) is 11.3 Å². The summed E-state index contributed by atoms with van der Waals surface area (Å²) in [5.74, 6) is 0.395. The van der Waals surface area contributed by atoms with E-state index in [1.54, 1.807) is 11.3 Å². The molecule has 1 aliphatic rings. The maximum Gasteiger partial charge on any atom is 0.265 e. The molecule has 122 valence electrons. The Morgan fingerprint density at radius 1 is 1.20 bits per heavy atom. The quantitative estimate of drug-likeness (QED) is 0.677. The van der Waals surface area contributed by atoms with Crippen molar-refractivity contribution in [3.8, 4) is 33.6 Å². The molecule has 2 heterocycles. The molecule has 0 saturated heterocycles. The molecule has 0 spiro atoms. The zero-order valence-corrected chi connectivity index (χ0v) is 14.0. The number of ether oxygens (including phenoxy) is 1. The largest absolute Gasteiger partial charge is 0.482 e. The molecule has 5 nitrogen and oxygen atoms in total. The number of hydrogen-bond acceptors (Lipinski definition) is 5. The zero-order chi connectivity index (χ0) is 17.2. The topological polar surface area (TPSA) is 66.2 Å². The Morgan fingerprint density at radius 2 is 2.04 bits per heavy atom. The number of thiazole rings is 1. The van der Waals surface area contributed by atoms with Crippen molar-refractivity contribution < 1.29 is 9.53 Å². The molecule has 4 rings (SSSR count). The van der Waals surface area contributed by atoms with Gasteiger partial charge in [0, 0.05) is 16.5 Å². The first-order chi connectivity index (χ1) is 12.3. The fourth-order valence-electron chi connectivity index (χ4n) is 2.73. The average Bonchev–Trinajstić information content (AvgIpc) is 3.15. The molecule has 0 fully saturated rings. The summed E-state index contributed by atoms with van der Waals surface area (Å²) >= 11 is 1.57. The van der Waals surface area contributed by atoms with Crippen LogP contribution in [0.3, 0.4) is 0 Å². The van der Waals surface area contributed by atoms with Crippen LogP contribution in [0.15, 0.2) is 53.9 Å². The molecule has 2 aromatic carbocycles. The SMILES string of the molecule is N#CCN1C(=O)COc2ccc(-c3csc(-c4ccccc4)n3)cc21. The van der Waals surface area contributed by atoms with Crippen molar-refractivity contribution in [2.45, 2.75) is 0 Å². The average molecular weight is 347 g/mol. The van der Waals surface area contributed by atoms with E-state index in [9.17, 15) is 4.79 Å². The number of benzene rings is 2. The van der Waals surface area contributed by atoms with E-state index in [4.69, 9.17) is 15.0 Å². The lowest BCUT2D eigenvalue weighted by atomic mass is 10.1. The third-order valence-corrected chi connectivity index (χ3v) is 4.84. The van der Waals surface area contributed by atoms with E-state index in [-0.39, 0.29) is 19.1 Å². The van der Waals surface area contributed by atoms with Gasteiger partial charge in [-0.25, -0.2) is 4.98 Å². The van der Waals surface area contributed by atoms with Gasteiger partial charge in [0.2, 0.25) is 0 Å². The second kappa shape index (κ2) is 6.38. The Morgan fingerprint density at radius 3 is 2.84 bits per heavy atom. The lowest BCUT2D eigenvalue weighted by molar-refractivity contribution is -0.121. The summed E-state index contributed by atoms with van der Waals surface area (Å²) in [6.07, 6.45) is 0. The highest BCUT2D eigenvalue weighted by molar-refractivity contribution is 7.13. The van der Waals surface area contributed by atoms with Gasteiger partial charge in [0.25, 0.3) is 5.91 Å². The van der Waals surface area contributed by atoms with Crippen molar-refractivity contribution in [3.63, 3.8) is 0 Å². The third kappa shape index (κ3) is 2.86. The molecule has 25 heavy (non-hydrogen) atoms. The molecular weight excluding hydrogens is 334 g/mol. The highest BCUT2D eigenvalue weighted by Crippen LogP contribution is 2.37. The lowest BCUT2D eigenvalue weighted by Crippen LogP contribution is -2.39. The number of aromatic nitrogens is 1. The monoisotopic (exact) mass is 347 g/mol. The van der Waals surface area contributed by atoms with Crippen LogP contribution in [0.4, 0.5) is 5.69 Å². The van der Waals surface area contributed by atoms with E-state index in [0.29, 0.717) is 11.4 Å². The first kappa shape index (κ1) is 15.4. The fraction of sp³-hybridized carbons (Fsp3) is 0.105. The van der Waals surface area contributed by atoms with Crippen molar-refractivity contribution in [1.29, 1.82) is 5.26 Å². The Labute approximate surface area is 148 Å². The molecule has 1 aliphatic heterocycles. The highest BCUT2D eigenvalue weighted by atomic mass is 32.1. The van der Waals surface area contributed by atoms with Gasteiger partial charge in [-0.3, -0.25) is 9.69 Å². The molecular formula is C19H13N3O2S. The summed E-state index contributed by atoms with van der Waals surface area (Å²) < 4.78 is 5.46. The molecule has 0 N–H and O–H groups in total. The summed E-state index contributed by atoms with van der Waals surface area (Å²) in [5, 5.41) is 11.9. The van der Waals surface area contributed by atoms with E-state index in [0.717, 1.165) is 21.8 Å². The van der Waals surface area contributed by atoms with Gasteiger partial charge in [-0.2, -0.15) is 5.26 Å². The van der Waals surface area contributed by atoms with Crippen LogP contribution in [0.25, 0.3) is 21.8 Å². The van der Waals surface area contributed by atoms with Crippen molar-refractivity contribution in [1.82, 2.24) is 4.98 Å². The van der Waals surface area contributed by atoms with Gasteiger partial charge < -0.3 is 4.74 Å². The number of carbonyl (C=O) groups excluding carboxylic acids is 1. The Hall–Kier alpha value is -3.17. The summed E-state index contributed by atoms with van der Waals surface area (Å²) in [6.45, 7) is -0.0339. The zero-order valence-electron chi connectivity index (χ0n) is 13.2. The molecule has 0 aliphatic carbocycles. The van der Waals surface area contributed by atoms with Crippen LogP contribution >= 0.6 is 11.3 Å². The second-order valence-electron chi connectivity index (χ2n) is 5.51. The first-order valence-electron chi connectivity index (χ1n) is 7.72. The maximum absolute atomic E-state index is 12.0. The number of rotatable bonds is 3. The number of carbonyl (C=O) groups is 1. The smallest absolute Gasteiger partial charge is 0.265 e. The molecule has 0 unspecified atom stereocenters. The predicted molar refractivity (Wildman–Crippen MR) is 96.4 cm³/mol. The number of amides is 1. The van der Waals surface area contributed by atoms with Crippen molar-refractivity contribution in [3.05, 3.63) is 53.9 Å². The molecule has 0 radical (unpaired) electrons. The third-order valence-electron chi connectivity index (χ3n) is 3.95. The van der Waals surface area contributed by atoms with E-state index >= 15 is 0 Å². The number of anilines is 1. The molecule has 6 heteroatoms. The van der Waals surface area contributed by atoms with Crippen LogP contribution in [-0.2, 0) is 4.79 Å². The van der Waals surface area contributed by atoms with Gasteiger partial charge >= 0.3 is 0 Å². The summed E-state index contributed by atoms with van der Waals surface area (Å²) in [4.78, 5) is 18.2. The predicted octanol–water partition coefficient (Wildman–Crippen LogP) is 3.73. The van der Waals surface area contributed by atoms with E-state index in [1.165, 1.54) is 4.90 Å². The van der Waals surface area contributed by atoms with Crippen LogP contribution in [0.5, 0.6) is 5.75 Å². The van der Waals surface area contributed by atoms with E-state index in [1.807, 2.05) is 60.0 Å². The van der Waals surface area contributed by atoms with Gasteiger partial charge in [-0.1, -0.05) is 30.3 Å². The molecule has 1 amide bonds. The Bertz CT molecular complexity index is 976. The second-order valence-corrected chi connectivity index (χ2v) is 6.37. The Balaban J connectivity index is 1.72. The molecule has 3 aromatic rings. The molecule has 0 saturated carbocycles. The molecule has 0 atom stereocenters. The van der Waals surface area contributed by atoms with E-state index in [2.05, 4.69) is 0 Å². The van der Waals surface area contributed by atoms with Gasteiger partial charge in [0.05, 0.1) is 17.5 Å². The van der Waals surface area contributed by atoms with Crippen LogP contribution in [0.2, 0.25) is 0 Å². The minimum Gasteiger partial charge on any atom is -0.482 e. The van der Waals surface area contributed by atoms with Crippen molar-refractivity contribution in [2.24, 2.45) is 0 Å². The summed E-state index contributed by atoms with van der Waals surface area (Å²) in [6, 6.07) is 17.6. The van der Waals surface area contributed by atoms with Crippen LogP contribution in [0.1, 0.15) is 0 Å². The van der Waals surface area contributed by atoms with Crippen LogP contribution < -0.4 is 9.64 Å². The van der Waals surface area contributed by atoms with Gasteiger partial charge in [0.1, 0.15) is 17.3 Å². The van der Waals surface area contributed by atoms with E-state index < -0.39 is 0 Å². The fourth-order valence-corrected chi connectivity index (χ4v) is 3.56. The van der Waals surface area contributed by atoms with Gasteiger partial charge in [0.15, 0.2) is 6.61 Å². The maximum atomic E-state index is 12.0. The Kier molecular flexibility index (Phi) is 3.92. The summed E-state index contributed by atoms with van der Waals surface area (Å²) in [5.41, 5.74) is 3.41. The molecule has 1 aromatic heterocycles. The number of fused-ring (bicyclic) bond motifs is 1. The standard InChI is InChI=1S/C19H13N3O2S/c20-8-9-22-16-10-14(6-7-17(16)24-11-18(22)23)15-12-25-19(21-15)13-4-2-1-3-5-13/h1-7,10,12H,9,11H2. The van der Waals surface area contributed by atoms with Crippen LogP contribution in [0, 0.1) is 11.3 Å². The number of nitriles is 1. The lowest BCUT2D eigenvalue weighted by Gasteiger charge is -2.27. The minimum absolute atomic E-state index is 0.00494. The van der Waals surface area contributed by atoms with Crippen molar-refractivity contribution in [2.75, 3.05) is 18.1 Å². The molecule has 0 bridgehead atoms.